The van der Waals surface area contributed by atoms with Crippen LogP contribution in [0.1, 0.15) is 40.2 Å². The molecule has 0 bridgehead atoms. The highest BCUT2D eigenvalue weighted by atomic mass is 35.5. The number of piperidine rings is 1. The van der Waals surface area contributed by atoms with Crippen molar-refractivity contribution in [3.8, 4) is 0 Å². The minimum absolute atomic E-state index is 0.0288. The highest BCUT2D eigenvalue weighted by Gasteiger charge is 2.33. The fraction of sp³-hybridized carbons (Fsp3) is 0.556. The van der Waals surface area contributed by atoms with Crippen LogP contribution in [0.3, 0.4) is 0 Å². The van der Waals surface area contributed by atoms with Crippen molar-refractivity contribution in [1.29, 1.82) is 0 Å². The van der Waals surface area contributed by atoms with Crippen LogP contribution in [0.4, 0.5) is 4.79 Å². The van der Waals surface area contributed by atoms with Crippen molar-refractivity contribution < 1.29 is 9.53 Å². The number of likely N-dealkylation sites (tertiary alicyclic amines) is 1. The molecule has 1 aromatic heterocycles. The standard InChI is InChI=1S/C18H24ClN3O3/c1-11-10-21(17(24)25-18(2,3)4)8-7-14(11)22-15-6-5-12(19)9-13(15)20-16(22)23/h5-6,9,11,14H,7-8,10H2,1-4H3,(H,20,23)/t11-,14?/m0/s1. The normalized spacial score (nSPS) is 21.6. The number of fused-ring (bicyclic) bond motifs is 1. The predicted molar refractivity (Wildman–Crippen MR) is 98.2 cm³/mol. The summed E-state index contributed by atoms with van der Waals surface area (Å²) in [4.78, 5) is 29.3. The van der Waals surface area contributed by atoms with Crippen LogP contribution < -0.4 is 5.69 Å². The fourth-order valence-corrected chi connectivity index (χ4v) is 3.61. The van der Waals surface area contributed by atoms with Gasteiger partial charge in [-0.15, -0.1) is 0 Å². The first kappa shape index (κ1) is 17.9. The smallest absolute Gasteiger partial charge is 0.410 e. The Morgan fingerprint density at radius 1 is 1.36 bits per heavy atom. The lowest BCUT2D eigenvalue weighted by Crippen LogP contribution is -2.46. The van der Waals surface area contributed by atoms with Gasteiger partial charge in [0.2, 0.25) is 0 Å². The Kier molecular flexibility index (Phi) is 4.58. The lowest BCUT2D eigenvalue weighted by Gasteiger charge is -2.38. The average Bonchev–Trinajstić information content (AvgIpc) is 2.80. The number of hydrogen-bond donors (Lipinski definition) is 1. The Morgan fingerprint density at radius 3 is 2.72 bits per heavy atom. The van der Waals surface area contributed by atoms with Crippen LogP contribution in [0.15, 0.2) is 23.0 Å². The van der Waals surface area contributed by atoms with Crippen molar-refractivity contribution in [2.45, 2.75) is 45.8 Å². The molecule has 25 heavy (non-hydrogen) atoms. The lowest BCUT2D eigenvalue weighted by atomic mass is 9.93. The first-order valence-electron chi connectivity index (χ1n) is 8.53. The zero-order valence-electron chi connectivity index (χ0n) is 15.0. The number of ether oxygens (including phenoxy) is 1. The third-order valence-corrected chi connectivity index (χ3v) is 4.76. The highest BCUT2D eigenvalue weighted by Crippen LogP contribution is 2.30. The van der Waals surface area contributed by atoms with E-state index in [4.69, 9.17) is 16.3 Å². The van der Waals surface area contributed by atoms with E-state index in [9.17, 15) is 9.59 Å². The number of carbonyl (C=O) groups is 1. The zero-order valence-corrected chi connectivity index (χ0v) is 15.8. The Hall–Kier alpha value is -1.95. The Labute approximate surface area is 151 Å². The molecule has 1 aliphatic heterocycles. The third kappa shape index (κ3) is 3.68. The molecule has 1 saturated heterocycles. The summed E-state index contributed by atoms with van der Waals surface area (Å²) in [6.07, 6.45) is 0.409. The Balaban J connectivity index is 1.82. The number of halogens is 1. The molecule has 0 spiro atoms. The van der Waals surface area contributed by atoms with E-state index in [0.29, 0.717) is 24.5 Å². The summed E-state index contributed by atoms with van der Waals surface area (Å²) < 4.78 is 7.25. The number of amides is 1. The van der Waals surface area contributed by atoms with Crippen LogP contribution in [0.25, 0.3) is 11.0 Å². The number of hydrogen-bond acceptors (Lipinski definition) is 3. The van der Waals surface area contributed by atoms with Crippen LogP contribution in [0.2, 0.25) is 5.02 Å². The second-order valence-electron chi connectivity index (χ2n) is 7.72. The molecule has 6 nitrogen and oxygen atoms in total. The summed E-state index contributed by atoms with van der Waals surface area (Å²) in [5.74, 6) is 0.133. The quantitative estimate of drug-likeness (QED) is 0.835. The number of aromatic nitrogens is 2. The second-order valence-corrected chi connectivity index (χ2v) is 8.16. The minimum atomic E-state index is -0.510. The monoisotopic (exact) mass is 365 g/mol. The van der Waals surface area contributed by atoms with Crippen LogP contribution >= 0.6 is 11.6 Å². The molecule has 1 aromatic carbocycles. The summed E-state index contributed by atoms with van der Waals surface area (Å²) in [7, 11) is 0. The molecular formula is C18H24ClN3O3. The van der Waals surface area contributed by atoms with Crippen LogP contribution in [0, 0.1) is 5.92 Å². The average molecular weight is 366 g/mol. The van der Waals surface area contributed by atoms with Crippen molar-refractivity contribution in [2.24, 2.45) is 5.92 Å². The van der Waals surface area contributed by atoms with E-state index in [2.05, 4.69) is 11.9 Å². The molecule has 2 heterocycles. The zero-order chi connectivity index (χ0) is 18.4. The van der Waals surface area contributed by atoms with E-state index >= 15 is 0 Å². The molecule has 1 amide bonds. The van der Waals surface area contributed by atoms with Gasteiger partial charge in [-0.3, -0.25) is 4.57 Å². The number of benzene rings is 1. The van der Waals surface area contributed by atoms with Gasteiger partial charge in [0, 0.05) is 24.2 Å². The second kappa shape index (κ2) is 6.41. The fourth-order valence-electron chi connectivity index (χ4n) is 3.44. The summed E-state index contributed by atoms with van der Waals surface area (Å²) in [6, 6.07) is 5.44. The maximum absolute atomic E-state index is 12.5. The van der Waals surface area contributed by atoms with E-state index in [-0.39, 0.29) is 23.7 Å². The van der Waals surface area contributed by atoms with Gasteiger partial charge in [0.1, 0.15) is 5.60 Å². The van der Waals surface area contributed by atoms with Crippen LogP contribution in [-0.4, -0.2) is 39.2 Å². The summed E-state index contributed by atoms with van der Waals surface area (Å²) in [6.45, 7) is 8.76. The number of carbonyl (C=O) groups excluding carboxylic acids is 1. The van der Waals surface area contributed by atoms with Gasteiger partial charge in [0.25, 0.3) is 0 Å². The number of rotatable bonds is 1. The Bertz CT molecular complexity index is 849. The molecule has 7 heteroatoms. The molecular weight excluding hydrogens is 342 g/mol. The molecule has 0 aliphatic carbocycles. The minimum Gasteiger partial charge on any atom is -0.444 e. The molecule has 1 fully saturated rings. The molecule has 1 N–H and O–H groups in total. The number of H-pyrrole nitrogens is 1. The SMILES string of the molecule is C[C@H]1CN(C(=O)OC(C)(C)C)CCC1n1c(=O)[nH]c2cc(Cl)ccc21. The van der Waals surface area contributed by atoms with Gasteiger partial charge in [-0.2, -0.15) is 0 Å². The summed E-state index contributed by atoms with van der Waals surface area (Å²) in [5.41, 5.74) is 0.931. The van der Waals surface area contributed by atoms with Crippen molar-refractivity contribution in [2.75, 3.05) is 13.1 Å². The third-order valence-electron chi connectivity index (χ3n) is 4.52. The topological polar surface area (TPSA) is 67.3 Å². The first-order valence-corrected chi connectivity index (χ1v) is 8.91. The van der Waals surface area contributed by atoms with E-state index in [1.165, 1.54) is 0 Å². The van der Waals surface area contributed by atoms with Crippen LogP contribution in [-0.2, 0) is 4.74 Å². The van der Waals surface area contributed by atoms with Crippen molar-refractivity contribution >= 4 is 28.7 Å². The molecule has 3 rings (SSSR count). The van der Waals surface area contributed by atoms with Crippen molar-refractivity contribution in [3.63, 3.8) is 0 Å². The summed E-state index contributed by atoms with van der Waals surface area (Å²) in [5, 5.41) is 0.591. The van der Waals surface area contributed by atoms with E-state index in [0.717, 1.165) is 11.0 Å². The van der Waals surface area contributed by atoms with Gasteiger partial charge >= 0.3 is 11.8 Å². The lowest BCUT2D eigenvalue weighted by molar-refractivity contribution is 0.0126. The van der Waals surface area contributed by atoms with E-state index in [1.54, 1.807) is 21.6 Å². The van der Waals surface area contributed by atoms with Gasteiger partial charge in [-0.1, -0.05) is 18.5 Å². The number of nitrogens with zero attached hydrogens (tertiary/aromatic N) is 2. The maximum Gasteiger partial charge on any atom is 0.410 e. The number of imidazole rings is 1. The van der Waals surface area contributed by atoms with Gasteiger partial charge in [-0.05, 0) is 51.3 Å². The van der Waals surface area contributed by atoms with Crippen molar-refractivity contribution in [3.05, 3.63) is 33.7 Å². The van der Waals surface area contributed by atoms with Gasteiger partial charge in [-0.25, -0.2) is 9.59 Å². The Morgan fingerprint density at radius 2 is 2.08 bits per heavy atom. The molecule has 1 unspecified atom stereocenters. The van der Waals surface area contributed by atoms with Crippen molar-refractivity contribution in [1.82, 2.24) is 14.5 Å². The van der Waals surface area contributed by atoms with E-state index in [1.807, 2.05) is 26.8 Å². The molecule has 0 saturated carbocycles. The number of nitrogens with one attached hydrogen (secondary N) is 1. The van der Waals surface area contributed by atoms with Gasteiger partial charge < -0.3 is 14.6 Å². The largest absolute Gasteiger partial charge is 0.444 e. The van der Waals surface area contributed by atoms with Gasteiger partial charge in [0.15, 0.2) is 0 Å². The predicted octanol–water partition coefficient (Wildman–Crippen LogP) is 3.80. The maximum atomic E-state index is 12.5. The van der Waals surface area contributed by atoms with E-state index < -0.39 is 5.60 Å². The molecule has 2 aromatic rings. The first-order chi connectivity index (χ1) is 11.7. The van der Waals surface area contributed by atoms with Crippen LogP contribution in [0.5, 0.6) is 0 Å². The van der Waals surface area contributed by atoms with Gasteiger partial charge in [0.05, 0.1) is 11.0 Å². The summed E-state index contributed by atoms with van der Waals surface area (Å²) >= 11 is 6.01. The molecule has 136 valence electrons. The molecule has 1 aliphatic rings. The number of aromatic amines is 1. The highest BCUT2D eigenvalue weighted by molar-refractivity contribution is 6.31. The molecule has 0 radical (unpaired) electrons. The molecule has 2 atom stereocenters.